The number of alkyl halides is 3. The number of amides is 1. The highest BCUT2D eigenvalue weighted by Crippen LogP contribution is 2.33. The summed E-state index contributed by atoms with van der Waals surface area (Å²) < 4.78 is 41.7. The zero-order valence-electron chi connectivity index (χ0n) is 15.4. The first kappa shape index (κ1) is 19.7. The lowest BCUT2D eigenvalue weighted by molar-refractivity contribution is -0.142. The van der Waals surface area contributed by atoms with Crippen molar-refractivity contribution in [3.63, 3.8) is 0 Å². The highest BCUT2D eigenvalue weighted by Gasteiger charge is 2.36. The SMILES string of the molecule is CN1CCN(C(=O)c2cnn3c(C(F)(F)F)cc(-c4ccc(Cl)cc4)nc23)CC1. The summed E-state index contributed by atoms with van der Waals surface area (Å²) in [6, 6.07) is 7.23. The first-order valence-electron chi connectivity index (χ1n) is 8.94. The lowest BCUT2D eigenvalue weighted by Crippen LogP contribution is -2.47. The number of aromatic nitrogens is 3. The highest BCUT2D eigenvalue weighted by molar-refractivity contribution is 6.30. The van der Waals surface area contributed by atoms with Crippen molar-refractivity contribution in [3.05, 3.63) is 52.8 Å². The van der Waals surface area contributed by atoms with Gasteiger partial charge in [-0.2, -0.15) is 18.3 Å². The number of halogens is 4. The number of likely N-dealkylation sites (N-methyl/N-ethyl adjacent to an activating group) is 1. The second-order valence-electron chi connectivity index (χ2n) is 6.92. The van der Waals surface area contributed by atoms with Gasteiger partial charge >= 0.3 is 6.18 Å². The monoisotopic (exact) mass is 423 g/mol. The Morgan fingerprint density at radius 2 is 1.76 bits per heavy atom. The topological polar surface area (TPSA) is 53.7 Å². The number of carbonyl (C=O) groups is 1. The van der Waals surface area contributed by atoms with Crippen LogP contribution in [0.4, 0.5) is 13.2 Å². The van der Waals surface area contributed by atoms with E-state index in [1.165, 1.54) is 0 Å². The number of hydrogen-bond donors (Lipinski definition) is 0. The Labute approximate surface area is 169 Å². The maximum atomic E-state index is 13.7. The Morgan fingerprint density at radius 3 is 2.38 bits per heavy atom. The Balaban J connectivity index is 1.84. The molecule has 152 valence electrons. The predicted octanol–water partition coefficient (Wildman–Crippen LogP) is 3.46. The molecule has 0 N–H and O–H groups in total. The van der Waals surface area contributed by atoms with Gasteiger partial charge in [-0.15, -0.1) is 0 Å². The third-order valence-corrected chi connectivity index (χ3v) is 5.18. The van der Waals surface area contributed by atoms with E-state index >= 15 is 0 Å². The number of rotatable bonds is 2. The summed E-state index contributed by atoms with van der Waals surface area (Å²) in [5, 5.41) is 4.28. The van der Waals surface area contributed by atoms with E-state index in [0.29, 0.717) is 41.3 Å². The van der Waals surface area contributed by atoms with Crippen LogP contribution in [0.25, 0.3) is 16.9 Å². The van der Waals surface area contributed by atoms with Crippen LogP contribution in [0.3, 0.4) is 0 Å². The second-order valence-corrected chi connectivity index (χ2v) is 7.36. The Kier molecular flexibility index (Phi) is 4.95. The van der Waals surface area contributed by atoms with E-state index in [9.17, 15) is 18.0 Å². The summed E-state index contributed by atoms with van der Waals surface area (Å²) in [5.41, 5.74) is -0.509. The molecule has 0 radical (unpaired) electrons. The number of benzene rings is 1. The van der Waals surface area contributed by atoms with Crippen LogP contribution in [0.5, 0.6) is 0 Å². The van der Waals surface area contributed by atoms with Crippen LogP contribution in [0.15, 0.2) is 36.5 Å². The lowest BCUT2D eigenvalue weighted by atomic mass is 10.1. The van der Waals surface area contributed by atoms with E-state index in [2.05, 4.69) is 15.0 Å². The van der Waals surface area contributed by atoms with Crippen LogP contribution >= 0.6 is 11.6 Å². The fourth-order valence-corrected chi connectivity index (χ4v) is 3.39. The van der Waals surface area contributed by atoms with E-state index in [1.807, 2.05) is 7.05 Å². The minimum Gasteiger partial charge on any atom is -0.336 e. The second kappa shape index (κ2) is 7.31. The molecule has 3 aromatic rings. The predicted molar refractivity (Wildman–Crippen MR) is 102 cm³/mol. The molecule has 1 aliphatic rings. The minimum absolute atomic E-state index is 0.0517. The molecular weight excluding hydrogens is 407 g/mol. The van der Waals surface area contributed by atoms with Gasteiger partial charge in [-0.3, -0.25) is 4.79 Å². The van der Waals surface area contributed by atoms with Crippen LogP contribution in [0.2, 0.25) is 5.02 Å². The average Bonchev–Trinajstić information content (AvgIpc) is 3.11. The molecule has 0 aliphatic carbocycles. The summed E-state index contributed by atoms with van der Waals surface area (Å²) in [5.74, 6) is -0.373. The molecule has 1 aliphatic heterocycles. The molecule has 0 spiro atoms. The smallest absolute Gasteiger partial charge is 0.336 e. The van der Waals surface area contributed by atoms with Crippen molar-refractivity contribution in [2.75, 3.05) is 33.2 Å². The van der Waals surface area contributed by atoms with Crippen LogP contribution in [-0.2, 0) is 6.18 Å². The Hall–Kier alpha value is -2.65. The van der Waals surface area contributed by atoms with E-state index in [4.69, 9.17) is 11.6 Å². The van der Waals surface area contributed by atoms with Gasteiger partial charge in [0.15, 0.2) is 11.3 Å². The molecule has 10 heteroatoms. The van der Waals surface area contributed by atoms with E-state index in [-0.39, 0.29) is 22.8 Å². The minimum atomic E-state index is -4.66. The highest BCUT2D eigenvalue weighted by atomic mass is 35.5. The molecule has 2 aromatic heterocycles. The number of carbonyl (C=O) groups excluding carboxylic acids is 1. The van der Waals surface area contributed by atoms with E-state index in [0.717, 1.165) is 12.3 Å². The van der Waals surface area contributed by atoms with Crippen LogP contribution in [0.1, 0.15) is 16.1 Å². The number of nitrogens with zero attached hydrogens (tertiary/aromatic N) is 5. The third kappa shape index (κ3) is 3.79. The number of fused-ring (bicyclic) bond motifs is 1. The first-order valence-corrected chi connectivity index (χ1v) is 9.31. The normalized spacial score (nSPS) is 15.8. The molecule has 0 bridgehead atoms. The molecule has 3 heterocycles. The quantitative estimate of drug-likeness (QED) is 0.633. The Morgan fingerprint density at radius 1 is 1.10 bits per heavy atom. The van der Waals surface area contributed by atoms with Crippen LogP contribution in [-0.4, -0.2) is 63.5 Å². The largest absolute Gasteiger partial charge is 0.433 e. The zero-order chi connectivity index (χ0) is 20.8. The zero-order valence-corrected chi connectivity index (χ0v) is 16.2. The van der Waals surface area contributed by atoms with Gasteiger partial charge in [0.1, 0.15) is 5.56 Å². The van der Waals surface area contributed by atoms with Crippen molar-refractivity contribution < 1.29 is 18.0 Å². The van der Waals surface area contributed by atoms with Crippen LogP contribution < -0.4 is 0 Å². The standard InChI is InChI=1S/C19H17ClF3N5O/c1-26-6-8-27(9-7-26)18(29)14-11-24-28-16(19(21,22)23)10-15(25-17(14)28)12-2-4-13(20)5-3-12/h2-5,10-11H,6-9H2,1H3. The van der Waals surface area contributed by atoms with Gasteiger partial charge in [0, 0.05) is 36.8 Å². The molecule has 1 amide bonds. The van der Waals surface area contributed by atoms with Gasteiger partial charge in [0.25, 0.3) is 5.91 Å². The maximum absolute atomic E-state index is 13.7. The Bertz CT molecular complexity index is 1060. The van der Waals surface area contributed by atoms with Crippen molar-refractivity contribution >= 4 is 23.2 Å². The maximum Gasteiger partial charge on any atom is 0.433 e. The first-order chi connectivity index (χ1) is 13.7. The molecular formula is C19H17ClF3N5O. The van der Waals surface area contributed by atoms with Crippen molar-refractivity contribution in [1.82, 2.24) is 24.4 Å². The molecule has 0 unspecified atom stereocenters. The molecule has 0 saturated carbocycles. The number of piperazine rings is 1. The summed E-state index contributed by atoms with van der Waals surface area (Å²) in [7, 11) is 1.95. The van der Waals surface area contributed by atoms with Gasteiger partial charge in [0.2, 0.25) is 0 Å². The van der Waals surface area contributed by atoms with Gasteiger partial charge < -0.3 is 9.80 Å². The molecule has 0 atom stereocenters. The average molecular weight is 424 g/mol. The van der Waals surface area contributed by atoms with Gasteiger partial charge in [-0.1, -0.05) is 23.7 Å². The van der Waals surface area contributed by atoms with Crippen molar-refractivity contribution in [3.8, 4) is 11.3 Å². The van der Waals surface area contributed by atoms with Gasteiger partial charge in [-0.05, 0) is 25.2 Å². The molecule has 1 fully saturated rings. The van der Waals surface area contributed by atoms with E-state index in [1.54, 1.807) is 29.2 Å². The summed E-state index contributed by atoms with van der Waals surface area (Å²) in [4.78, 5) is 21.0. The van der Waals surface area contributed by atoms with E-state index < -0.39 is 11.9 Å². The lowest BCUT2D eigenvalue weighted by Gasteiger charge is -2.32. The van der Waals surface area contributed by atoms with Crippen molar-refractivity contribution in [2.45, 2.75) is 6.18 Å². The van der Waals surface area contributed by atoms with Crippen molar-refractivity contribution in [1.29, 1.82) is 0 Å². The fourth-order valence-electron chi connectivity index (χ4n) is 3.26. The third-order valence-electron chi connectivity index (χ3n) is 4.92. The fraction of sp³-hybridized carbons (Fsp3) is 0.316. The molecule has 1 aromatic carbocycles. The summed E-state index contributed by atoms with van der Waals surface area (Å²) in [6.45, 7) is 2.38. The van der Waals surface area contributed by atoms with Gasteiger partial charge in [-0.25, -0.2) is 9.50 Å². The molecule has 29 heavy (non-hydrogen) atoms. The molecule has 1 saturated heterocycles. The summed E-state index contributed by atoms with van der Waals surface area (Å²) in [6.07, 6.45) is -3.51. The van der Waals surface area contributed by atoms with Crippen molar-refractivity contribution in [2.24, 2.45) is 0 Å². The molecule has 4 rings (SSSR count). The van der Waals surface area contributed by atoms with Gasteiger partial charge in [0.05, 0.1) is 11.9 Å². The number of hydrogen-bond acceptors (Lipinski definition) is 4. The van der Waals surface area contributed by atoms with Crippen LogP contribution in [0, 0.1) is 0 Å². The summed E-state index contributed by atoms with van der Waals surface area (Å²) >= 11 is 5.88. The molecule has 6 nitrogen and oxygen atoms in total.